The van der Waals surface area contributed by atoms with Gasteiger partial charge in [-0.15, -0.1) is 23.1 Å². The summed E-state index contributed by atoms with van der Waals surface area (Å²) in [4.78, 5) is 2.88. The zero-order valence-electron chi connectivity index (χ0n) is 11.8. The van der Waals surface area contributed by atoms with Crippen molar-refractivity contribution in [3.05, 3.63) is 51.7 Å². The van der Waals surface area contributed by atoms with Gasteiger partial charge in [-0.1, -0.05) is 30.3 Å². The van der Waals surface area contributed by atoms with Crippen LogP contribution in [0.5, 0.6) is 0 Å². The SMILES string of the molecule is Cc1cc(SC(CC(N)CO)c2ccccc2)c(C#N)s1. The van der Waals surface area contributed by atoms with Crippen molar-refractivity contribution in [3.63, 3.8) is 0 Å². The summed E-state index contributed by atoms with van der Waals surface area (Å²) in [6.07, 6.45) is 0.672. The Morgan fingerprint density at radius 1 is 1.38 bits per heavy atom. The van der Waals surface area contributed by atoms with Crippen LogP contribution in [0, 0.1) is 18.3 Å². The Labute approximate surface area is 133 Å². The molecule has 2 atom stereocenters. The molecule has 2 unspecified atom stereocenters. The van der Waals surface area contributed by atoms with Crippen molar-refractivity contribution in [2.24, 2.45) is 5.73 Å². The third-order valence-electron chi connectivity index (χ3n) is 3.11. The minimum atomic E-state index is -0.257. The molecule has 2 aromatic rings. The van der Waals surface area contributed by atoms with Crippen LogP contribution in [0.1, 0.15) is 27.0 Å². The lowest BCUT2D eigenvalue weighted by Gasteiger charge is -2.19. The molecule has 0 fully saturated rings. The number of rotatable bonds is 6. The maximum Gasteiger partial charge on any atom is 0.118 e. The summed E-state index contributed by atoms with van der Waals surface area (Å²) in [5.41, 5.74) is 7.08. The second kappa shape index (κ2) is 7.62. The maximum absolute atomic E-state index is 9.23. The number of hydrogen-bond acceptors (Lipinski definition) is 5. The summed E-state index contributed by atoms with van der Waals surface area (Å²) in [6, 6.07) is 14.1. The predicted molar refractivity (Wildman–Crippen MR) is 88.5 cm³/mol. The molecule has 1 aromatic heterocycles. The predicted octanol–water partition coefficient (Wildman–Crippen LogP) is 3.47. The Hall–Kier alpha value is -1.32. The van der Waals surface area contributed by atoms with E-state index in [0.29, 0.717) is 6.42 Å². The average molecular weight is 318 g/mol. The van der Waals surface area contributed by atoms with E-state index >= 15 is 0 Å². The van der Waals surface area contributed by atoms with Crippen molar-refractivity contribution in [2.45, 2.75) is 29.5 Å². The van der Waals surface area contributed by atoms with Crippen LogP contribution in [0.3, 0.4) is 0 Å². The van der Waals surface area contributed by atoms with Crippen LogP contribution in [0.4, 0.5) is 0 Å². The van der Waals surface area contributed by atoms with Gasteiger partial charge in [0.25, 0.3) is 0 Å². The lowest BCUT2D eigenvalue weighted by atomic mass is 10.1. The van der Waals surface area contributed by atoms with Gasteiger partial charge < -0.3 is 10.8 Å². The van der Waals surface area contributed by atoms with Crippen molar-refractivity contribution in [2.75, 3.05) is 6.61 Å². The van der Waals surface area contributed by atoms with Gasteiger partial charge in [-0.2, -0.15) is 5.26 Å². The van der Waals surface area contributed by atoms with Crippen LogP contribution < -0.4 is 5.73 Å². The van der Waals surface area contributed by atoms with Gasteiger partial charge in [0.1, 0.15) is 10.9 Å². The molecule has 0 spiro atoms. The van der Waals surface area contributed by atoms with Gasteiger partial charge in [-0.3, -0.25) is 0 Å². The Bertz CT molecular complexity index is 619. The van der Waals surface area contributed by atoms with E-state index in [4.69, 9.17) is 5.73 Å². The Morgan fingerprint density at radius 2 is 2.10 bits per heavy atom. The number of thiophene rings is 1. The zero-order chi connectivity index (χ0) is 15.2. The molecule has 0 aliphatic carbocycles. The number of aryl methyl sites for hydroxylation is 1. The highest BCUT2D eigenvalue weighted by atomic mass is 32.2. The van der Waals surface area contributed by atoms with Crippen LogP contribution in [0.15, 0.2) is 41.3 Å². The van der Waals surface area contributed by atoms with Crippen LogP contribution in [-0.2, 0) is 0 Å². The molecule has 21 heavy (non-hydrogen) atoms. The molecule has 0 bridgehead atoms. The lowest BCUT2D eigenvalue weighted by Crippen LogP contribution is -2.26. The van der Waals surface area contributed by atoms with Crippen molar-refractivity contribution in [1.82, 2.24) is 0 Å². The molecule has 0 saturated carbocycles. The van der Waals surface area contributed by atoms with Gasteiger partial charge in [0.2, 0.25) is 0 Å². The Morgan fingerprint density at radius 3 is 2.71 bits per heavy atom. The van der Waals surface area contributed by atoms with Crippen molar-refractivity contribution >= 4 is 23.1 Å². The van der Waals surface area contributed by atoms with Crippen molar-refractivity contribution in [3.8, 4) is 6.07 Å². The third kappa shape index (κ3) is 4.32. The molecule has 5 heteroatoms. The fourth-order valence-corrected chi connectivity index (χ4v) is 4.47. The highest BCUT2D eigenvalue weighted by Crippen LogP contribution is 2.42. The first-order valence-electron chi connectivity index (χ1n) is 6.72. The van der Waals surface area contributed by atoms with Crippen LogP contribution in [-0.4, -0.2) is 17.8 Å². The number of benzene rings is 1. The van der Waals surface area contributed by atoms with Gasteiger partial charge in [0.05, 0.1) is 6.61 Å². The molecule has 3 nitrogen and oxygen atoms in total. The van der Waals surface area contributed by atoms with E-state index < -0.39 is 0 Å². The number of thioether (sulfide) groups is 1. The first kappa shape index (κ1) is 16.1. The molecule has 0 amide bonds. The first-order chi connectivity index (χ1) is 10.1. The topological polar surface area (TPSA) is 70.0 Å². The highest BCUT2D eigenvalue weighted by Gasteiger charge is 2.19. The molecule has 1 aromatic carbocycles. The molecular weight excluding hydrogens is 300 g/mol. The highest BCUT2D eigenvalue weighted by molar-refractivity contribution is 7.99. The fourth-order valence-electron chi connectivity index (χ4n) is 2.08. The third-order valence-corrected chi connectivity index (χ3v) is 5.52. The van der Waals surface area contributed by atoms with E-state index in [2.05, 4.69) is 18.2 Å². The van der Waals surface area contributed by atoms with Crippen LogP contribution in [0.2, 0.25) is 0 Å². The summed E-state index contributed by atoms with van der Waals surface area (Å²) < 4.78 is 0. The first-order valence-corrected chi connectivity index (χ1v) is 8.42. The van der Waals surface area contributed by atoms with Crippen LogP contribution >= 0.6 is 23.1 Å². The maximum atomic E-state index is 9.23. The molecule has 2 rings (SSSR count). The van der Waals surface area contributed by atoms with Crippen molar-refractivity contribution in [1.29, 1.82) is 5.26 Å². The van der Waals surface area contributed by atoms with Gasteiger partial charge in [0, 0.05) is 21.1 Å². The summed E-state index contributed by atoms with van der Waals surface area (Å²) in [5.74, 6) is 0. The van der Waals surface area contributed by atoms with E-state index in [1.165, 1.54) is 16.9 Å². The Balaban J connectivity index is 2.25. The molecule has 3 N–H and O–H groups in total. The normalized spacial score (nSPS) is 13.6. The van der Waals surface area contributed by atoms with E-state index in [1.54, 1.807) is 11.8 Å². The van der Waals surface area contributed by atoms with Gasteiger partial charge in [-0.05, 0) is 25.0 Å². The van der Waals surface area contributed by atoms with Gasteiger partial charge >= 0.3 is 0 Å². The molecule has 0 aliphatic rings. The average Bonchev–Trinajstić information content (AvgIpc) is 2.87. The minimum Gasteiger partial charge on any atom is -0.395 e. The molecule has 1 heterocycles. The molecule has 110 valence electrons. The lowest BCUT2D eigenvalue weighted by molar-refractivity contribution is 0.259. The molecule has 0 saturated heterocycles. The fraction of sp³-hybridized carbons (Fsp3) is 0.312. The van der Waals surface area contributed by atoms with E-state index in [0.717, 1.165) is 14.6 Å². The largest absolute Gasteiger partial charge is 0.395 e. The standard InChI is InChI=1S/C16H18N2OS2/c1-11-7-15(16(9-17)20-11)21-14(8-13(18)10-19)12-5-3-2-4-6-12/h2-7,13-14,19H,8,10,18H2,1H3. The van der Waals surface area contributed by atoms with Gasteiger partial charge in [-0.25, -0.2) is 0 Å². The smallest absolute Gasteiger partial charge is 0.118 e. The molecule has 0 aliphatic heterocycles. The summed E-state index contributed by atoms with van der Waals surface area (Å²) in [5, 5.41) is 18.6. The van der Waals surface area contributed by atoms with Crippen LogP contribution in [0.25, 0.3) is 0 Å². The number of hydrogen-bond donors (Lipinski definition) is 2. The van der Waals surface area contributed by atoms with E-state index in [9.17, 15) is 10.4 Å². The summed E-state index contributed by atoms with van der Waals surface area (Å²) in [7, 11) is 0. The number of nitrogens with zero attached hydrogens (tertiary/aromatic N) is 1. The second-order valence-electron chi connectivity index (χ2n) is 4.86. The molecular formula is C16H18N2OS2. The molecule has 0 radical (unpaired) electrons. The van der Waals surface area contributed by atoms with E-state index in [1.807, 2.05) is 31.2 Å². The van der Waals surface area contributed by atoms with E-state index in [-0.39, 0.29) is 17.9 Å². The number of nitriles is 1. The quantitative estimate of drug-likeness (QED) is 0.800. The number of nitrogens with two attached hydrogens (primary N) is 1. The summed E-state index contributed by atoms with van der Waals surface area (Å²) >= 11 is 3.17. The monoisotopic (exact) mass is 318 g/mol. The number of aliphatic hydroxyl groups is 1. The minimum absolute atomic E-state index is 0.0301. The summed E-state index contributed by atoms with van der Waals surface area (Å²) in [6.45, 7) is 1.98. The Kier molecular flexibility index (Phi) is 5.83. The zero-order valence-corrected chi connectivity index (χ0v) is 13.5. The number of aliphatic hydroxyl groups excluding tert-OH is 1. The second-order valence-corrected chi connectivity index (χ2v) is 7.36. The van der Waals surface area contributed by atoms with Gasteiger partial charge in [0.15, 0.2) is 0 Å². The van der Waals surface area contributed by atoms with Crippen molar-refractivity contribution < 1.29 is 5.11 Å².